The molecule has 66 valence electrons. The van der Waals surface area contributed by atoms with Crippen LogP contribution in [0.5, 0.6) is 0 Å². The van der Waals surface area contributed by atoms with Crippen molar-refractivity contribution in [1.82, 2.24) is 0 Å². The Morgan fingerprint density at radius 1 is 1.64 bits per heavy atom. The van der Waals surface area contributed by atoms with E-state index in [2.05, 4.69) is 4.74 Å². The molecule has 5 nitrogen and oxygen atoms in total. The number of rotatable bonds is 5. The summed E-state index contributed by atoms with van der Waals surface area (Å²) in [5.74, 6) is -1.42. The SMILES string of the molecule is NCCOC(F)C(=O)C(O)O. The van der Waals surface area contributed by atoms with Gasteiger partial charge in [-0.1, -0.05) is 0 Å². The van der Waals surface area contributed by atoms with Gasteiger partial charge in [0.2, 0.25) is 12.1 Å². The maximum Gasteiger partial charge on any atom is 0.263 e. The second-order valence-electron chi connectivity index (χ2n) is 1.75. The molecule has 1 atom stereocenters. The number of alkyl halides is 1. The van der Waals surface area contributed by atoms with E-state index in [4.69, 9.17) is 15.9 Å². The summed E-state index contributed by atoms with van der Waals surface area (Å²) in [4.78, 5) is 10.3. The van der Waals surface area contributed by atoms with Gasteiger partial charge in [0.1, 0.15) is 0 Å². The average Bonchev–Trinajstić information content (AvgIpc) is 1.98. The molecular formula is C5H10FNO4. The molecule has 0 radical (unpaired) electrons. The predicted octanol–water partition coefficient (Wildman–Crippen LogP) is -1.86. The van der Waals surface area contributed by atoms with Gasteiger partial charge in [-0.05, 0) is 0 Å². The van der Waals surface area contributed by atoms with E-state index in [1.807, 2.05) is 0 Å². The van der Waals surface area contributed by atoms with Crippen molar-refractivity contribution in [3.8, 4) is 0 Å². The summed E-state index contributed by atoms with van der Waals surface area (Å²) in [5.41, 5.74) is 4.93. The summed E-state index contributed by atoms with van der Waals surface area (Å²) in [6.07, 6.45) is -4.64. The van der Waals surface area contributed by atoms with Gasteiger partial charge in [-0.25, -0.2) is 4.39 Å². The van der Waals surface area contributed by atoms with Gasteiger partial charge in [-0.2, -0.15) is 0 Å². The lowest BCUT2D eigenvalue weighted by Gasteiger charge is -2.08. The molecule has 0 aliphatic carbocycles. The minimum atomic E-state index is -2.33. The van der Waals surface area contributed by atoms with Crippen LogP contribution in [0.2, 0.25) is 0 Å². The van der Waals surface area contributed by atoms with Crippen molar-refractivity contribution >= 4 is 5.78 Å². The molecule has 0 aliphatic heterocycles. The molecule has 11 heavy (non-hydrogen) atoms. The topological polar surface area (TPSA) is 92.8 Å². The molecule has 0 rings (SSSR count). The van der Waals surface area contributed by atoms with Crippen LogP contribution < -0.4 is 5.73 Å². The van der Waals surface area contributed by atoms with Crippen LogP contribution in [-0.2, 0) is 9.53 Å². The molecule has 6 heteroatoms. The second-order valence-corrected chi connectivity index (χ2v) is 1.75. The monoisotopic (exact) mass is 167 g/mol. The molecule has 0 fully saturated rings. The molecule has 4 N–H and O–H groups in total. The Balaban J connectivity index is 3.64. The van der Waals surface area contributed by atoms with Crippen molar-refractivity contribution in [2.45, 2.75) is 12.6 Å². The number of carbonyl (C=O) groups excluding carboxylic acids is 1. The van der Waals surface area contributed by atoms with Crippen molar-refractivity contribution in [2.75, 3.05) is 13.2 Å². The predicted molar refractivity (Wildman–Crippen MR) is 33.1 cm³/mol. The Bertz CT molecular complexity index is 130. The highest BCUT2D eigenvalue weighted by molar-refractivity contribution is 5.84. The van der Waals surface area contributed by atoms with Gasteiger partial charge in [0.15, 0.2) is 0 Å². The van der Waals surface area contributed by atoms with Crippen LogP contribution in [-0.4, -0.2) is 41.8 Å². The van der Waals surface area contributed by atoms with Gasteiger partial charge < -0.3 is 20.7 Å². The number of aliphatic hydroxyl groups is 2. The van der Waals surface area contributed by atoms with Crippen LogP contribution in [0.1, 0.15) is 0 Å². The Morgan fingerprint density at radius 2 is 2.18 bits per heavy atom. The van der Waals surface area contributed by atoms with Gasteiger partial charge >= 0.3 is 0 Å². The summed E-state index contributed by atoms with van der Waals surface area (Å²) in [6, 6.07) is 0. The molecule has 0 aromatic rings. The molecule has 1 unspecified atom stereocenters. The molecule has 0 aromatic carbocycles. The van der Waals surface area contributed by atoms with Crippen molar-refractivity contribution in [3.63, 3.8) is 0 Å². The largest absolute Gasteiger partial charge is 0.362 e. The van der Waals surface area contributed by atoms with Crippen LogP contribution in [0, 0.1) is 0 Å². The van der Waals surface area contributed by atoms with E-state index in [0.29, 0.717) is 0 Å². The quantitative estimate of drug-likeness (QED) is 0.417. The number of halogens is 1. The Kier molecular flexibility index (Phi) is 4.88. The number of Topliss-reactive ketones (excluding diaryl/α,β-unsaturated/α-hetero) is 1. The zero-order valence-corrected chi connectivity index (χ0v) is 5.74. The molecule has 0 aromatic heterocycles. The van der Waals surface area contributed by atoms with Gasteiger partial charge in [0, 0.05) is 6.54 Å². The molecule has 0 spiro atoms. The first-order valence-corrected chi connectivity index (χ1v) is 2.95. The Hall–Kier alpha value is -0.560. The number of hydrogen-bond acceptors (Lipinski definition) is 5. The number of hydrogen-bond donors (Lipinski definition) is 3. The van der Waals surface area contributed by atoms with E-state index in [1.54, 1.807) is 0 Å². The summed E-state index contributed by atoms with van der Waals surface area (Å²) in [5, 5.41) is 16.3. The molecule has 0 saturated carbocycles. The van der Waals surface area contributed by atoms with E-state index in [0.717, 1.165) is 0 Å². The highest BCUT2D eigenvalue weighted by Gasteiger charge is 2.23. The maximum absolute atomic E-state index is 12.3. The van der Waals surface area contributed by atoms with Crippen LogP contribution >= 0.6 is 0 Å². The summed E-state index contributed by atoms with van der Waals surface area (Å²) in [6.45, 7) is -0.0746. The third-order valence-electron chi connectivity index (χ3n) is 0.860. The van der Waals surface area contributed by atoms with Crippen LogP contribution in [0.15, 0.2) is 0 Å². The third-order valence-corrected chi connectivity index (χ3v) is 0.860. The Morgan fingerprint density at radius 3 is 2.55 bits per heavy atom. The van der Waals surface area contributed by atoms with Crippen molar-refractivity contribution in [2.24, 2.45) is 5.73 Å². The molecule has 0 amide bonds. The summed E-state index contributed by atoms with van der Waals surface area (Å²) in [7, 11) is 0. The number of ether oxygens (including phenoxy) is 1. The minimum absolute atomic E-state index is 0.0647. The zero-order chi connectivity index (χ0) is 8.85. The molecule has 0 saturated heterocycles. The van der Waals surface area contributed by atoms with E-state index in [1.165, 1.54) is 0 Å². The average molecular weight is 167 g/mol. The normalized spacial score (nSPS) is 13.5. The smallest absolute Gasteiger partial charge is 0.263 e. The highest BCUT2D eigenvalue weighted by atomic mass is 19.1. The zero-order valence-electron chi connectivity index (χ0n) is 5.74. The summed E-state index contributed by atoms with van der Waals surface area (Å²) < 4.78 is 16.4. The number of nitrogens with two attached hydrogens (primary N) is 1. The van der Waals surface area contributed by atoms with E-state index in [-0.39, 0.29) is 13.2 Å². The third kappa shape index (κ3) is 3.99. The minimum Gasteiger partial charge on any atom is -0.362 e. The first-order chi connectivity index (χ1) is 5.09. The van der Waals surface area contributed by atoms with Gasteiger partial charge in [-0.3, -0.25) is 4.79 Å². The van der Waals surface area contributed by atoms with Crippen LogP contribution in [0.3, 0.4) is 0 Å². The Labute approximate surface area is 62.6 Å². The number of carbonyl (C=O) groups is 1. The van der Waals surface area contributed by atoms with Gasteiger partial charge in [0.05, 0.1) is 6.61 Å². The molecular weight excluding hydrogens is 157 g/mol. The van der Waals surface area contributed by atoms with E-state index < -0.39 is 18.4 Å². The first kappa shape index (κ1) is 10.4. The maximum atomic E-state index is 12.3. The van der Waals surface area contributed by atoms with Crippen molar-refractivity contribution < 1.29 is 24.1 Å². The highest BCUT2D eigenvalue weighted by Crippen LogP contribution is 1.97. The fraction of sp³-hybridized carbons (Fsp3) is 0.800. The molecule has 0 heterocycles. The van der Waals surface area contributed by atoms with Gasteiger partial charge in [-0.15, -0.1) is 0 Å². The number of ketones is 1. The fourth-order valence-corrected chi connectivity index (χ4v) is 0.371. The molecule has 0 aliphatic rings. The summed E-state index contributed by atoms with van der Waals surface area (Å²) >= 11 is 0. The lowest BCUT2D eigenvalue weighted by molar-refractivity contribution is -0.168. The van der Waals surface area contributed by atoms with Crippen LogP contribution in [0.25, 0.3) is 0 Å². The van der Waals surface area contributed by atoms with Gasteiger partial charge in [0.25, 0.3) is 6.36 Å². The number of aliphatic hydroxyl groups excluding tert-OH is 1. The van der Waals surface area contributed by atoms with Crippen molar-refractivity contribution in [1.29, 1.82) is 0 Å². The van der Waals surface area contributed by atoms with E-state index in [9.17, 15) is 9.18 Å². The van der Waals surface area contributed by atoms with Crippen molar-refractivity contribution in [3.05, 3.63) is 0 Å². The first-order valence-electron chi connectivity index (χ1n) is 2.95. The fourth-order valence-electron chi connectivity index (χ4n) is 0.371. The van der Waals surface area contributed by atoms with Crippen LogP contribution in [0.4, 0.5) is 4.39 Å². The lowest BCUT2D eigenvalue weighted by atomic mass is 10.4. The lowest BCUT2D eigenvalue weighted by Crippen LogP contribution is -2.32. The van der Waals surface area contributed by atoms with E-state index >= 15 is 0 Å². The standard InChI is InChI=1S/C5H10FNO4/c6-4(11-2-1-7)3(8)5(9)10/h4-5,9-10H,1-2,7H2. The second kappa shape index (κ2) is 5.14. The molecule has 0 bridgehead atoms.